The lowest BCUT2D eigenvalue weighted by molar-refractivity contribution is 0.112. The van der Waals surface area contributed by atoms with Gasteiger partial charge in [0, 0.05) is 29.2 Å². The Morgan fingerprint density at radius 1 is 1.05 bits per heavy atom. The van der Waals surface area contributed by atoms with Gasteiger partial charge in [0.15, 0.2) is 6.29 Å². The number of hydrogen-bond acceptors (Lipinski definition) is 1. The molecule has 0 saturated heterocycles. The summed E-state index contributed by atoms with van der Waals surface area (Å²) in [6.07, 6.45) is 2.89. The first-order chi connectivity index (χ1) is 10.1. The molecular formula is C19H19NO. The Morgan fingerprint density at radius 2 is 1.71 bits per heavy atom. The minimum absolute atomic E-state index is 0.757. The Hall–Kier alpha value is -2.35. The zero-order valence-electron chi connectivity index (χ0n) is 12.7. The van der Waals surface area contributed by atoms with Crippen LogP contribution in [-0.4, -0.2) is 10.9 Å². The van der Waals surface area contributed by atoms with E-state index in [1.807, 2.05) is 24.4 Å². The second kappa shape index (κ2) is 5.21. The second-order valence-electron chi connectivity index (χ2n) is 5.72. The number of nitrogens with zero attached hydrogens (tertiary/aromatic N) is 1. The van der Waals surface area contributed by atoms with Gasteiger partial charge in [-0.25, -0.2) is 0 Å². The summed E-state index contributed by atoms with van der Waals surface area (Å²) in [6, 6.07) is 12.5. The minimum atomic E-state index is 0.757. The van der Waals surface area contributed by atoms with Gasteiger partial charge in [0.25, 0.3) is 0 Å². The Morgan fingerprint density at radius 3 is 2.38 bits per heavy atom. The van der Waals surface area contributed by atoms with Crippen LogP contribution in [0.1, 0.15) is 32.6 Å². The van der Waals surface area contributed by atoms with Crippen LogP contribution in [0.25, 0.3) is 10.9 Å². The molecule has 0 fully saturated rings. The number of benzene rings is 2. The van der Waals surface area contributed by atoms with Crippen LogP contribution in [0, 0.1) is 20.8 Å². The van der Waals surface area contributed by atoms with Crippen LogP contribution < -0.4 is 0 Å². The van der Waals surface area contributed by atoms with E-state index >= 15 is 0 Å². The maximum Gasteiger partial charge on any atom is 0.152 e. The van der Waals surface area contributed by atoms with Crippen molar-refractivity contribution in [2.24, 2.45) is 0 Å². The van der Waals surface area contributed by atoms with Crippen molar-refractivity contribution in [2.45, 2.75) is 27.3 Å². The molecule has 0 radical (unpaired) electrons. The third kappa shape index (κ3) is 2.38. The number of carbonyl (C=O) groups excluding carboxylic acids is 1. The van der Waals surface area contributed by atoms with Crippen molar-refractivity contribution < 1.29 is 4.79 Å². The molecule has 0 atom stereocenters. The Kier molecular flexibility index (Phi) is 3.38. The van der Waals surface area contributed by atoms with Crippen molar-refractivity contribution in [3.63, 3.8) is 0 Å². The van der Waals surface area contributed by atoms with Crippen molar-refractivity contribution in [1.29, 1.82) is 0 Å². The Labute approximate surface area is 125 Å². The van der Waals surface area contributed by atoms with E-state index in [4.69, 9.17) is 0 Å². The highest BCUT2D eigenvalue weighted by Crippen LogP contribution is 2.24. The SMILES string of the molecule is Cc1cc(C)c(Cn2cc(C=O)c3ccccc32)c(C)c1. The van der Waals surface area contributed by atoms with E-state index in [0.29, 0.717) is 0 Å². The first-order valence-electron chi connectivity index (χ1n) is 7.20. The van der Waals surface area contributed by atoms with Crippen molar-refractivity contribution in [3.8, 4) is 0 Å². The molecule has 0 aliphatic heterocycles. The van der Waals surface area contributed by atoms with Gasteiger partial charge in [-0.1, -0.05) is 35.9 Å². The number of aldehydes is 1. The van der Waals surface area contributed by atoms with Gasteiger partial charge in [0.1, 0.15) is 0 Å². The summed E-state index contributed by atoms with van der Waals surface area (Å²) in [5.41, 5.74) is 7.10. The maximum absolute atomic E-state index is 11.3. The Bertz CT molecular complexity index is 804. The smallest absolute Gasteiger partial charge is 0.152 e. The van der Waals surface area contributed by atoms with Crippen LogP contribution in [0.3, 0.4) is 0 Å². The molecule has 2 heteroatoms. The largest absolute Gasteiger partial charge is 0.342 e. The average Bonchev–Trinajstić information content (AvgIpc) is 2.81. The average molecular weight is 277 g/mol. The van der Waals surface area contributed by atoms with Crippen molar-refractivity contribution in [3.05, 3.63) is 70.4 Å². The fraction of sp³-hybridized carbons (Fsp3) is 0.211. The van der Waals surface area contributed by atoms with Gasteiger partial charge < -0.3 is 4.57 Å². The fourth-order valence-corrected chi connectivity index (χ4v) is 3.13. The summed E-state index contributed by atoms with van der Waals surface area (Å²) in [5, 5.41) is 1.02. The molecule has 0 aliphatic rings. The van der Waals surface area contributed by atoms with E-state index in [-0.39, 0.29) is 0 Å². The number of hydrogen-bond donors (Lipinski definition) is 0. The predicted molar refractivity (Wildman–Crippen MR) is 87.1 cm³/mol. The van der Waals surface area contributed by atoms with Crippen LogP contribution in [-0.2, 0) is 6.54 Å². The van der Waals surface area contributed by atoms with Gasteiger partial charge in [0.05, 0.1) is 0 Å². The molecule has 2 aromatic carbocycles. The third-order valence-electron chi connectivity index (χ3n) is 4.12. The van der Waals surface area contributed by atoms with E-state index in [9.17, 15) is 4.79 Å². The number of aryl methyl sites for hydroxylation is 3. The summed E-state index contributed by atoms with van der Waals surface area (Å²) in [4.78, 5) is 11.3. The lowest BCUT2D eigenvalue weighted by Gasteiger charge is -2.13. The molecule has 0 bridgehead atoms. The molecule has 21 heavy (non-hydrogen) atoms. The fourth-order valence-electron chi connectivity index (χ4n) is 3.13. The van der Waals surface area contributed by atoms with E-state index < -0.39 is 0 Å². The van der Waals surface area contributed by atoms with Crippen molar-refractivity contribution in [1.82, 2.24) is 4.57 Å². The monoisotopic (exact) mass is 277 g/mol. The lowest BCUT2D eigenvalue weighted by atomic mass is 10.00. The lowest BCUT2D eigenvalue weighted by Crippen LogP contribution is -2.03. The molecule has 3 aromatic rings. The molecule has 0 N–H and O–H groups in total. The van der Waals surface area contributed by atoms with Crippen molar-refractivity contribution in [2.75, 3.05) is 0 Å². The zero-order chi connectivity index (χ0) is 15.0. The zero-order valence-corrected chi connectivity index (χ0v) is 12.7. The van der Waals surface area contributed by atoms with E-state index in [0.717, 1.165) is 29.3 Å². The second-order valence-corrected chi connectivity index (χ2v) is 5.72. The van der Waals surface area contributed by atoms with Crippen LogP contribution in [0.5, 0.6) is 0 Å². The molecule has 2 nitrogen and oxygen atoms in total. The van der Waals surface area contributed by atoms with E-state index in [2.05, 4.69) is 43.5 Å². The van der Waals surface area contributed by atoms with E-state index in [1.165, 1.54) is 22.3 Å². The van der Waals surface area contributed by atoms with Gasteiger partial charge in [-0.3, -0.25) is 4.79 Å². The summed E-state index contributed by atoms with van der Waals surface area (Å²) in [5.74, 6) is 0. The molecular weight excluding hydrogens is 258 g/mol. The van der Waals surface area contributed by atoms with Crippen LogP contribution in [0.15, 0.2) is 42.6 Å². The number of fused-ring (bicyclic) bond motifs is 1. The standard InChI is InChI=1S/C19H19NO/c1-13-8-14(2)18(15(3)9-13)11-20-10-16(12-21)17-6-4-5-7-19(17)20/h4-10,12H,11H2,1-3H3. The number of aromatic nitrogens is 1. The highest BCUT2D eigenvalue weighted by Gasteiger charge is 2.10. The molecule has 1 aromatic heterocycles. The van der Waals surface area contributed by atoms with Crippen molar-refractivity contribution >= 4 is 17.2 Å². The van der Waals surface area contributed by atoms with Crippen LogP contribution in [0.4, 0.5) is 0 Å². The number of rotatable bonds is 3. The van der Waals surface area contributed by atoms with Crippen LogP contribution >= 0.6 is 0 Å². The molecule has 106 valence electrons. The molecule has 1 heterocycles. The molecule has 0 unspecified atom stereocenters. The van der Waals surface area contributed by atoms with E-state index in [1.54, 1.807) is 0 Å². The summed E-state index contributed by atoms with van der Waals surface area (Å²) in [7, 11) is 0. The third-order valence-corrected chi connectivity index (χ3v) is 4.12. The van der Waals surface area contributed by atoms with Gasteiger partial charge in [-0.15, -0.1) is 0 Å². The van der Waals surface area contributed by atoms with Gasteiger partial charge in [-0.2, -0.15) is 0 Å². The minimum Gasteiger partial charge on any atom is -0.342 e. The Balaban J connectivity index is 2.13. The molecule has 0 amide bonds. The predicted octanol–water partition coefficient (Wildman–Crippen LogP) is 4.43. The molecule has 3 rings (SSSR count). The quantitative estimate of drug-likeness (QED) is 0.649. The highest BCUT2D eigenvalue weighted by atomic mass is 16.1. The summed E-state index contributed by atoms with van der Waals surface area (Å²) < 4.78 is 2.17. The normalized spacial score (nSPS) is 11.0. The maximum atomic E-state index is 11.3. The first kappa shape index (κ1) is 13.6. The van der Waals surface area contributed by atoms with Crippen LogP contribution in [0.2, 0.25) is 0 Å². The molecule has 0 saturated carbocycles. The summed E-state index contributed by atoms with van der Waals surface area (Å²) >= 11 is 0. The topological polar surface area (TPSA) is 22.0 Å². The highest BCUT2D eigenvalue weighted by molar-refractivity contribution is 5.97. The number of carbonyl (C=O) groups is 1. The van der Waals surface area contributed by atoms with Gasteiger partial charge in [0.2, 0.25) is 0 Å². The van der Waals surface area contributed by atoms with Gasteiger partial charge in [-0.05, 0) is 43.5 Å². The van der Waals surface area contributed by atoms with Gasteiger partial charge >= 0.3 is 0 Å². The first-order valence-corrected chi connectivity index (χ1v) is 7.20. The molecule has 0 aliphatic carbocycles. The summed E-state index contributed by atoms with van der Waals surface area (Å²) in [6.45, 7) is 7.23. The molecule has 0 spiro atoms. The number of para-hydroxylation sites is 1.